The first-order chi connectivity index (χ1) is 8.75. The first-order valence-electron chi connectivity index (χ1n) is 5.48. The number of benzene rings is 1. The third kappa shape index (κ3) is 4.38. The van der Waals surface area contributed by atoms with E-state index in [2.05, 4.69) is 0 Å². The number of rotatable bonds is 5. The van der Waals surface area contributed by atoms with E-state index >= 15 is 0 Å². The van der Waals surface area contributed by atoms with E-state index < -0.39 is 28.9 Å². The van der Waals surface area contributed by atoms with Crippen LogP contribution in [0.25, 0.3) is 0 Å². The molecule has 0 aliphatic carbocycles. The van der Waals surface area contributed by atoms with Crippen molar-refractivity contribution in [3.63, 3.8) is 0 Å². The molecule has 0 N–H and O–H groups in total. The standard InChI is InChI=1S/C12H11ClF4O2/c1-2-3-10(11(13)18)19-7-4-5-9(14)8(6-7)12(15,16)17/h4-6,10H,2-3H2,1H3. The molecular formula is C12H11ClF4O2. The van der Waals surface area contributed by atoms with Crippen molar-refractivity contribution < 1.29 is 27.1 Å². The van der Waals surface area contributed by atoms with E-state index in [1.807, 2.05) is 0 Å². The topological polar surface area (TPSA) is 26.3 Å². The summed E-state index contributed by atoms with van der Waals surface area (Å²) in [7, 11) is 0. The van der Waals surface area contributed by atoms with Crippen LogP contribution in [0.2, 0.25) is 0 Å². The SMILES string of the molecule is CCCC(Oc1ccc(F)c(C(F)(F)F)c1)C(=O)Cl. The summed E-state index contributed by atoms with van der Waals surface area (Å²) in [6.07, 6.45) is -5.04. The third-order valence-corrected chi connectivity index (χ3v) is 2.57. The molecule has 106 valence electrons. The molecule has 7 heteroatoms. The van der Waals surface area contributed by atoms with Gasteiger partial charge in [-0.15, -0.1) is 0 Å². The lowest BCUT2D eigenvalue weighted by atomic mass is 10.2. The van der Waals surface area contributed by atoms with Gasteiger partial charge >= 0.3 is 6.18 Å². The summed E-state index contributed by atoms with van der Waals surface area (Å²) in [6.45, 7) is 1.77. The van der Waals surface area contributed by atoms with Gasteiger partial charge < -0.3 is 4.74 Å². The van der Waals surface area contributed by atoms with Gasteiger partial charge in [-0.05, 0) is 36.2 Å². The summed E-state index contributed by atoms with van der Waals surface area (Å²) in [4.78, 5) is 11.0. The molecule has 0 radical (unpaired) electrons. The zero-order valence-corrected chi connectivity index (χ0v) is 10.7. The van der Waals surface area contributed by atoms with Gasteiger partial charge in [0.15, 0.2) is 6.10 Å². The lowest BCUT2D eigenvalue weighted by molar-refractivity contribution is -0.140. The molecule has 1 atom stereocenters. The smallest absolute Gasteiger partial charge is 0.419 e. The van der Waals surface area contributed by atoms with Crippen LogP contribution >= 0.6 is 11.6 Å². The summed E-state index contributed by atoms with van der Waals surface area (Å²) in [6, 6.07) is 2.17. The van der Waals surface area contributed by atoms with Gasteiger partial charge in [0.2, 0.25) is 0 Å². The number of ether oxygens (including phenoxy) is 1. The van der Waals surface area contributed by atoms with Crippen LogP contribution in [0.5, 0.6) is 5.75 Å². The van der Waals surface area contributed by atoms with E-state index in [0.29, 0.717) is 18.6 Å². The van der Waals surface area contributed by atoms with Crippen LogP contribution in [-0.4, -0.2) is 11.3 Å². The molecule has 1 unspecified atom stereocenters. The number of hydrogen-bond donors (Lipinski definition) is 0. The van der Waals surface area contributed by atoms with Gasteiger partial charge in [-0.25, -0.2) is 4.39 Å². The highest BCUT2D eigenvalue weighted by Crippen LogP contribution is 2.34. The number of halogens is 5. The van der Waals surface area contributed by atoms with Crippen LogP contribution in [0.3, 0.4) is 0 Å². The molecular weight excluding hydrogens is 288 g/mol. The summed E-state index contributed by atoms with van der Waals surface area (Å²) >= 11 is 5.27. The number of hydrogen-bond acceptors (Lipinski definition) is 2. The number of carbonyl (C=O) groups excluding carboxylic acids is 1. The average Bonchev–Trinajstić information content (AvgIpc) is 2.29. The average molecular weight is 299 g/mol. The fourth-order valence-electron chi connectivity index (χ4n) is 1.44. The summed E-state index contributed by atoms with van der Waals surface area (Å²) < 4.78 is 55.6. The first kappa shape index (κ1) is 15.8. The Labute approximate surface area is 112 Å². The molecule has 0 spiro atoms. The number of alkyl halides is 3. The summed E-state index contributed by atoms with van der Waals surface area (Å²) in [5, 5.41) is -0.806. The zero-order chi connectivity index (χ0) is 14.6. The third-order valence-electron chi connectivity index (χ3n) is 2.33. The second-order valence-corrected chi connectivity index (χ2v) is 4.21. The van der Waals surface area contributed by atoms with Gasteiger partial charge in [0.25, 0.3) is 5.24 Å². The predicted octanol–water partition coefficient (Wildman–Crippen LogP) is 4.16. The van der Waals surface area contributed by atoms with Crippen LogP contribution in [0.4, 0.5) is 17.6 Å². The van der Waals surface area contributed by atoms with E-state index in [1.54, 1.807) is 6.92 Å². The van der Waals surface area contributed by atoms with Crippen molar-refractivity contribution in [2.45, 2.75) is 32.0 Å². The largest absolute Gasteiger partial charge is 0.481 e. The first-order valence-corrected chi connectivity index (χ1v) is 5.86. The van der Waals surface area contributed by atoms with E-state index in [0.717, 1.165) is 6.07 Å². The Bertz CT molecular complexity index is 460. The van der Waals surface area contributed by atoms with E-state index in [4.69, 9.17) is 16.3 Å². The van der Waals surface area contributed by atoms with Gasteiger partial charge in [-0.1, -0.05) is 13.3 Å². The van der Waals surface area contributed by atoms with Crippen molar-refractivity contribution in [2.24, 2.45) is 0 Å². The molecule has 1 aromatic carbocycles. The Kier molecular flexibility index (Phi) is 5.17. The maximum absolute atomic E-state index is 13.0. The molecule has 0 heterocycles. The van der Waals surface area contributed by atoms with Gasteiger partial charge in [-0.3, -0.25) is 4.79 Å². The lowest BCUT2D eigenvalue weighted by Crippen LogP contribution is -2.23. The second-order valence-electron chi connectivity index (χ2n) is 3.84. The Morgan fingerprint density at radius 1 is 1.42 bits per heavy atom. The molecule has 1 rings (SSSR count). The van der Waals surface area contributed by atoms with Crippen molar-refractivity contribution >= 4 is 16.8 Å². The highest BCUT2D eigenvalue weighted by Gasteiger charge is 2.34. The monoisotopic (exact) mass is 298 g/mol. The van der Waals surface area contributed by atoms with Gasteiger partial charge in [0, 0.05) is 0 Å². The molecule has 0 saturated carbocycles. The highest BCUT2D eigenvalue weighted by molar-refractivity contribution is 6.64. The molecule has 1 aromatic rings. The summed E-state index contributed by atoms with van der Waals surface area (Å²) in [5.74, 6) is -1.65. The minimum atomic E-state index is -4.82. The van der Waals surface area contributed by atoms with Crippen LogP contribution < -0.4 is 4.74 Å². The number of carbonyl (C=O) groups is 1. The Morgan fingerprint density at radius 3 is 2.53 bits per heavy atom. The van der Waals surface area contributed by atoms with Crippen molar-refractivity contribution in [1.82, 2.24) is 0 Å². The van der Waals surface area contributed by atoms with Crippen LogP contribution in [-0.2, 0) is 11.0 Å². The Morgan fingerprint density at radius 2 is 2.05 bits per heavy atom. The molecule has 0 fully saturated rings. The van der Waals surface area contributed by atoms with E-state index in [9.17, 15) is 22.4 Å². The fourth-order valence-corrected chi connectivity index (χ4v) is 1.59. The highest BCUT2D eigenvalue weighted by atomic mass is 35.5. The molecule has 0 amide bonds. The quantitative estimate of drug-likeness (QED) is 0.603. The fraction of sp³-hybridized carbons (Fsp3) is 0.417. The van der Waals surface area contributed by atoms with Crippen molar-refractivity contribution in [3.8, 4) is 5.75 Å². The second kappa shape index (κ2) is 6.23. The lowest BCUT2D eigenvalue weighted by Gasteiger charge is -2.16. The minimum absolute atomic E-state index is 0.249. The Balaban J connectivity index is 2.99. The zero-order valence-electron chi connectivity index (χ0n) is 9.93. The normalized spacial score (nSPS) is 13.2. The molecule has 0 aliphatic rings. The predicted molar refractivity (Wildman–Crippen MR) is 61.6 cm³/mol. The Hall–Kier alpha value is -1.30. The van der Waals surface area contributed by atoms with Gasteiger partial charge in [-0.2, -0.15) is 13.2 Å². The van der Waals surface area contributed by atoms with Gasteiger partial charge in [0.1, 0.15) is 11.6 Å². The maximum Gasteiger partial charge on any atom is 0.419 e. The minimum Gasteiger partial charge on any atom is -0.481 e. The van der Waals surface area contributed by atoms with E-state index in [-0.39, 0.29) is 12.2 Å². The van der Waals surface area contributed by atoms with Crippen LogP contribution in [0.1, 0.15) is 25.3 Å². The van der Waals surface area contributed by atoms with E-state index in [1.165, 1.54) is 0 Å². The van der Waals surface area contributed by atoms with Crippen molar-refractivity contribution in [3.05, 3.63) is 29.6 Å². The molecule has 0 bridgehead atoms. The van der Waals surface area contributed by atoms with Crippen molar-refractivity contribution in [2.75, 3.05) is 0 Å². The molecule has 19 heavy (non-hydrogen) atoms. The molecule has 0 saturated heterocycles. The van der Waals surface area contributed by atoms with Crippen LogP contribution in [0.15, 0.2) is 18.2 Å². The molecule has 2 nitrogen and oxygen atoms in total. The maximum atomic E-state index is 13.0. The molecule has 0 aliphatic heterocycles. The molecule has 0 aromatic heterocycles. The van der Waals surface area contributed by atoms with Crippen molar-refractivity contribution in [1.29, 1.82) is 0 Å². The van der Waals surface area contributed by atoms with Gasteiger partial charge in [0.05, 0.1) is 5.56 Å². The summed E-state index contributed by atoms with van der Waals surface area (Å²) in [5.41, 5.74) is -1.44. The van der Waals surface area contributed by atoms with Crippen LogP contribution in [0, 0.1) is 5.82 Å².